The number of likely N-dealkylation sites (tertiary alicyclic amines) is 1. The summed E-state index contributed by atoms with van der Waals surface area (Å²) in [5, 5.41) is 3.24. The Balaban J connectivity index is 1.64. The molecule has 1 saturated heterocycles. The van der Waals surface area contributed by atoms with Gasteiger partial charge in [-0.05, 0) is 38.8 Å². The number of nitrogens with one attached hydrogen (secondary N) is 1. The van der Waals surface area contributed by atoms with Gasteiger partial charge in [-0.15, -0.1) is 0 Å². The third-order valence-corrected chi connectivity index (χ3v) is 4.64. The maximum atomic E-state index is 12.9. The summed E-state index contributed by atoms with van der Waals surface area (Å²) in [5.74, 6) is 1.68. The van der Waals surface area contributed by atoms with E-state index in [4.69, 9.17) is 4.42 Å². The maximum Gasteiger partial charge on any atom is 0.276 e. The molecule has 0 aliphatic carbocycles. The highest BCUT2D eigenvalue weighted by Gasteiger charge is 2.35. The molecule has 138 valence electrons. The van der Waals surface area contributed by atoms with E-state index in [0.29, 0.717) is 29.6 Å². The minimum atomic E-state index is -0.172. The number of nitrogens with zero attached hydrogens (tertiary/aromatic N) is 5. The van der Waals surface area contributed by atoms with E-state index in [-0.39, 0.29) is 11.9 Å². The standard InChI is InChI=1S/C19H20N6O2/c1-12-5-3-7-15(23-12)24-18-17(20-8-9-21-18)14-6-4-10-25(14)19(26)16-13(2)27-11-22-16/h3,5,7-9,11,14H,4,6,10H2,1-2H3,(H,21,23,24)/t14-/m0/s1. The van der Waals surface area contributed by atoms with Crippen molar-refractivity contribution in [1.82, 2.24) is 24.8 Å². The van der Waals surface area contributed by atoms with Crippen molar-refractivity contribution in [3.05, 3.63) is 59.8 Å². The van der Waals surface area contributed by atoms with E-state index in [1.165, 1.54) is 6.39 Å². The first-order valence-corrected chi connectivity index (χ1v) is 8.86. The Bertz CT molecular complexity index is 970. The van der Waals surface area contributed by atoms with E-state index >= 15 is 0 Å². The lowest BCUT2D eigenvalue weighted by Crippen LogP contribution is -2.32. The second-order valence-corrected chi connectivity index (χ2v) is 6.49. The molecule has 4 rings (SSSR count). The van der Waals surface area contributed by atoms with Gasteiger partial charge in [-0.3, -0.25) is 9.78 Å². The number of carbonyl (C=O) groups is 1. The summed E-state index contributed by atoms with van der Waals surface area (Å²) >= 11 is 0. The number of amides is 1. The van der Waals surface area contributed by atoms with Crippen molar-refractivity contribution in [2.24, 2.45) is 0 Å². The summed E-state index contributed by atoms with van der Waals surface area (Å²) < 4.78 is 5.19. The van der Waals surface area contributed by atoms with Gasteiger partial charge in [0, 0.05) is 24.6 Å². The van der Waals surface area contributed by atoms with Gasteiger partial charge >= 0.3 is 0 Å². The smallest absolute Gasteiger partial charge is 0.276 e. The lowest BCUT2D eigenvalue weighted by molar-refractivity contribution is 0.0726. The average molecular weight is 364 g/mol. The van der Waals surface area contributed by atoms with Crippen LogP contribution in [0.3, 0.4) is 0 Å². The summed E-state index contributed by atoms with van der Waals surface area (Å²) in [4.78, 5) is 32.2. The van der Waals surface area contributed by atoms with E-state index in [1.807, 2.05) is 25.1 Å². The zero-order valence-corrected chi connectivity index (χ0v) is 15.2. The number of anilines is 2. The molecule has 0 radical (unpaired) electrons. The third-order valence-electron chi connectivity index (χ3n) is 4.64. The highest BCUT2D eigenvalue weighted by Crippen LogP contribution is 2.35. The lowest BCUT2D eigenvalue weighted by atomic mass is 10.1. The molecule has 8 heteroatoms. The molecule has 27 heavy (non-hydrogen) atoms. The van der Waals surface area contributed by atoms with Gasteiger partial charge in [0.25, 0.3) is 5.91 Å². The van der Waals surface area contributed by atoms with Gasteiger partial charge in [0.2, 0.25) is 0 Å². The van der Waals surface area contributed by atoms with Gasteiger partial charge in [0.15, 0.2) is 17.9 Å². The van der Waals surface area contributed by atoms with Crippen LogP contribution in [0.25, 0.3) is 0 Å². The van der Waals surface area contributed by atoms with Crippen LogP contribution >= 0.6 is 0 Å². The molecular formula is C19H20N6O2. The Morgan fingerprint density at radius 1 is 1.22 bits per heavy atom. The molecule has 0 bridgehead atoms. The number of rotatable bonds is 4. The van der Waals surface area contributed by atoms with E-state index in [2.05, 4.69) is 25.3 Å². The van der Waals surface area contributed by atoms with Gasteiger partial charge < -0.3 is 14.6 Å². The van der Waals surface area contributed by atoms with Gasteiger partial charge in [-0.2, -0.15) is 0 Å². The van der Waals surface area contributed by atoms with E-state index in [9.17, 15) is 4.79 Å². The molecule has 0 saturated carbocycles. The Morgan fingerprint density at radius 2 is 2.07 bits per heavy atom. The Hall–Kier alpha value is -3.29. The van der Waals surface area contributed by atoms with E-state index in [1.54, 1.807) is 24.2 Å². The van der Waals surface area contributed by atoms with E-state index < -0.39 is 0 Å². The second kappa shape index (κ2) is 7.14. The molecule has 1 N–H and O–H groups in total. The third kappa shape index (κ3) is 3.38. The normalized spacial score (nSPS) is 16.5. The summed E-state index contributed by atoms with van der Waals surface area (Å²) in [7, 11) is 0. The van der Waals surface area contributed by atoms with Gasteiger partial charge in [0.1, 0.15) is 17.3 Å². The number of carbonyl (C=O) groups excluding carboxylic acids is 1. The molecule has 1 atom stereocenters. The zero-order chi connectivity index (χ0) is 18.8. The SMILES string of the molecule is Cc1cccc(Nc2nccnc2[C@@H]2CCCN2C(=O)c2ncoc2C)n1. The number of pyridine rings is 1. The van der Waals surface area contributed by atoms with Gasteiger partial charge in [-0.25, -0.2) is 15.0 Å². The monoisotopic (exact) mass is 364 g/mol. The number of oxazole rings is 1. The van der Waals surface area contributed by atoms with Gasteiger partial charge in [-0.1, -0.05) is 6.07 Å². The molecule has 3 aromatic heterocycles. The lowest BCUT2D eigenvalue weighted by Gasteiger charge is -2.25. The number of hydrogen-bond donors (Lipinski definition) is 1. The minimum Gasteiger partial charge on any atom is -0.448 e. The fourth-order valence-corrected chi connectivity index (χ4v) is 3.36. The van der Waals surface area contributed by atoms with Crippen molar-refractivity contribution in [2.75, 3.05) is 11.9 Å². The predicted molar refractivity (Wildman–Crippen MR) is 98.5 cm³/mol. The molecule has 3 aromatic rings. The van der Waals surface area contributed by atoms with Crippen LogP contribution in [0.4, 0.5) is 11.6 Å². The molecule has 1 aliphatic heterocycles. The first-order chi connectivity index (χ1) is 13.1. The average Bonchev–Trinajstić information content (AvgIpc) is 3.31. The van der Waals surface area contributed by atoms with Crippen molar-refractivity contribution in [3.63, 3.8) is 0 Å². The molecular weight excluding hydrogens is 344 g/mol. The first kappa shape index (κ1) is 17.1. The topological polar surface area (TPSA) is 97.0 Å². The van der Waals surface area contributed by atoms with Crippen LogP contribution in [0.1, 0.15) is 46.5 Å². The zero-order valence-electron chi connectivity index (χ0n) is 15.2. The number of aryl methyl sites for hydroxylation is 2. The summed E-state index contributed by atoms with van der Waals surface area (Å²) in [6.07, 6.45) is 6.28. The Labute approximate surface area is 156 Å². The fourth-order valence-electron chi connectivity index (χ4n) is 3.36. The molecule has 1 amide bonds. The second-order valence-electron chi connectivity index (χ2n) is 6.49. The molecule has 0 spiro atoms. The van der Waals surface area contributed by atoms with Crippen molar-refractivity contribution in [3.8, 4) is 0 Å². The summed E-state index contributed by atoms with van der Waals surface area (Å²) in [5.41, 5.74) is 1.98. The molecule has 0 aromatic carbocycles. The van der Waals surface area contributed by atoms with Gasteiger partial charge in [0.05, 0.1) is 6.04 Å². The molecule has 1 aliphatic rings. The quantitative estimate of drug-likeness (QED) is 0.759. The largest absolute Gasteiger partial charge is 0.448 e. The summed E-state index contributed by atoms with van der Waals surface area (Å²) in [6.45, 7) is 4.32. The fraction of sp³-hybridized carbons (Fsp3) is 0.316. The van der Waals surface area contributed by atoms with Crippen molar-refractivity contribution >= 4 is 17.5 Å². The minimum absolute atomic E-state index is 0.144. The van der Waals surface area contributed by atoms with Crippen LogP contribution < -0.4 is 5.32 Å². The first-order valence-electron chi connectivity index (χ1n) is 8.86. The van der Waals surface area contributed by atoms with Crippen molar-refractivity contribution < 1.29 is 9.21 Å². The van der Waals surface area contributed by atoms with Crippen LogP contribution in [-0.2, 0) is 0 Å². The molecule has 1 fully saturated rings. The highest BCUT2D eigenvalue weighted by molar-refractivity contribution is 5.93. The van der Waals surface area contributed by atoms with Crippen LogP contribution in [0.15, 0.2) is 41.4 Å². The Kier molecular flexibility index (Phi) is 4.53. The number of hydrogen-bond acceptors (Lipinski definition) is 7. The molecule has 4 heterocycles. The Morgan fingerprint density at radius 3 is 2.85 bits per heavy atom. The van der Waals surface area contributed by atoms with Crippen molar-refractivity contribution in [2.45, 2.75) is 32.7 Å². The van der Waals surface area contributed by atoms with Crippen molar-refractivity contribution in [1.29, 1.82) is 0 Å². The van der Waals surface area contributed by atoms with Crippen LogP contribution in [0.5, 0.6) is 0 Å². The van der Waals surface area contributed by atoms with E-state index in [0.717, 1.165) is 24.2 Å². The maximum absolute atomic E-state index is 12.9. The highest BCUT2D eigenvalue weighted by atomic mass is 16.3. The number of aromatic nitrogens is 4. The summed E-state index contributed by atoms with van der Waals surface area (Å²) in [6, 6.07) is 5.57. The van der Waals surface area contributed by atoms with Crippen LogP contribution in [-0.4, -0.2) is 37.3 Å². The predicted octanol–water partition coefficient (Wildman–Crippen LogP) is 3.20. The molecule has 0 unspecified atom stereocenters. The van der Waals surface area contributed by atoms with Crippen LogP contribution in [0, 0.1) is 13.8 Å². The molecule has 8 nitrogen and oxygen atoms in total. The van der Waals surface area contributed by atoms with Crippen LogP contribution in [0.2, 0.25) is 0 Å².